The molecule has 0 aliphatic carbocycles. The van der Waals surface area contributed by atoms with Crippen LogP contribution in [0.3, 0.4) is 0 Å². The standard InChI is InChI=1S/C14H15NO3/c1-3-9-14(13(17)18-4-2)10-7-5-6-8-11(10)15-12(14)16/h3,5-8H,1,4,9H2,2H3,(H,15,16). The molecule has 1 unspecified atom stereocenters. The van der Waals surface area contributed by atoms with E-state index in [9.17, 15) is 9.59 Å². The lowest BCUT2D eigenvalue weighted by Gasteiger charge is -2.23. The molecule has 0 radical (unpaired) electrons. The van der Waals surface area contributed by atoms with Gasteiger partial charge in [-0.05, 0) is 19.4 Å². The van der Waals surface area contributed by atoms with E-state index >= 15 is 0 Å². The quantitative estimate of drug-likeness (QED) is 0.501. The van der Waals surface area contributed by atoms with Crippen LogP contribution >= 0.6 is 0 Å². The molecule has 94 valence electrons. The van der Waals surface area contributed by atoms with Gasteiger partial charge in [0.2, 0.25) is 5.91 Å². The maximum atomic E-state index is 12.2. The molecule has 2 rings (SSSR count). The van der Waals surface area contributed by atoms with Gasteiger partial charge in [0, 0.05) is 11.3 Å². The number of hydrogen-bond acceptors (Lipinski definition) is 3. The van der Waals surface area contributed by atoms with Gasteiger partial charge >= 0.3 is 5.97 Å². The van der Waals surface area contributed by atoms with Crippen LogP contribution in [0.1, 0.15) is 18.9 Å². The van der Waals surface area contributed by atoms with Gasteiger partial charge in [0.25, 0.3) is 0 Å². The molecule has 18 heavy (non-hydrogen) atoms. The molecule has 0 aromatic heterocycles. The van der Waals surface area contributed by atoms with Crippen molar-refractivity contribution in [3.05, 3.63) is 42.5 Å². The maximum absolute atomic E-state index is 12.2. The van der Waals surface area contributed by atoms with E-state index in [0.29, 0.717) is 11.3 Å². The molecule has 1 aromatic carbocycles. The third kappa shape index (κ3) is 1.61. The van der Waals surface area contributed by atoms with Crippen molar-refractivity contribution in [3.8, 4) is 0 Å². The van der Waals surface area contributed by atoms with Crippen molar-refractivity contribution in [1.29, 1.82) is 0 Å². The predicted molar refractivity (Wildman–Crippen MR) is 68.2 cm³/mol. The molecular weight excluding hydrogens is 230 g/mol. The molecule has 1 atom stereocenters. The van der Waals surface area contributed by atoms with Crippen LogP contribution in [0.25, 0.3) is 0 Å². The van der Waals surface area contributed by atoms with Gasteiger partial charge in [0.1, 0.15) is 0 Å². The van der Waals surface area contributed by atoms with Crippen molar-refractivity contribution < 1.29 is 14.3 Å². The van der Waals surface area contributed by atoms with Crippen molar-refractivity contribution in [3.63, 3.8) is 0 Å². The lowest BCUT2D eigenvalue weighted by atomic mass is 9.78. The number of ether oxygens (including phenoxy) is 1. The van der Waals surface area contributed by atoms with Gasteiger partial charge in [-0.3, -0.25) is 9.59 Å². The summed E-state index contributed by atoms with van der Waals surface area (Å²) in [4.78, 5) is 24.4. The zero-order valence-electron chi connectivity index (χ0n) is 10.2. The van der Waals surface area contributed by atoms with Crippen LogP contribution in [0, 0.1) is 0 Å². The molecule has 1 aromatic rings. The van der Waals surface area contributed by atoms with Crippen LogP contribution in [0.5, 0.6) is 0 Å². The minimum absolute atomic E-state index is 0.231. The Kier molecular flexibility index (Phi) is 3.19. The molecule has 1 heterocycles. The van der Waals surface area contributed by atoms with Gasteiger partial charge in [-0.2, -0.15) is 0 Å². The Morgan fingerprint density at radius 3 is 2.89 bits per heavy atom. The van der Waals surface area contributed by atoms with Crippen LogP contribution in [0.4, 0.5) is 5.69 Å². The second-order valence-electron chi connectivity index (χ2n) is 4.12. The fourth-order valence-corrected chi connectivity index (χ4v) is 2.28. The molecule has 0 spiro atoms. The molecule has 1 amide bonds. The Morgan fingerprint density at radius 2 is 2.22 bits per heavy atom. The summed E-state index contributed by atoms with van der Waals surface area (Å²) in [7, 11) is 0. The summed E-state index contributed by atoms with van der Waals surface area (Å²) < 4.78 is 5.06. The number of amides is 1. The van der Waals surface area contributed by atoms with Gasteiger partial charge in [-0.15, -0.1) is 6.58 Å². The molecular formula is C14H15NO3. The second kappa shape index (κ2) is 4.64. The Labute approximate surface area is 106 Å². The molecule has 4 heteroatoms. The summed E-state index contributed by atoms with van der Waals surface area (Å²) in [6.07, 6.45) is 1.80. The van der Waals surface area contributed by atoms with Crippen LogP contribution in [0.15, 0.2) is 36.9 Å². The van der Waals surface area contributed by atoms with E-state index in [1.165, 1.54) is 0 Å². The lowest BCUT2D eigenvalue weighted by Crippen LogP contribution is -2.43. The maximum Gasteiger partial charge on any atom is 0.326 e. The van der Waals surface area contributed by atoms with Crippen molar-refractivity contribution in [2.45, 2.75) is 18.8 Å². The third-order valence-corrected chi connectivity index (χ3v) is 3.10. The fourth-order valence-electron chi connectivity index (χ4n) is 2.28. The zero-order valence-corrected chi connectivity index (χ0v) is 10.2. The minimum Gasteiger partial charge on any atom is -0.465 e. The third-order valence-electron chi connectivity index (χ3n) is 3.10. The second-order valence-corrected chi connectivity index (χ2v) is 4.12. The van der Waals surface area contributed by atoms with Crippen LogP contribution < -0.4 is 5.32 Å². The predicted octanol–water partition coefficient (Wildman–Crippen LogP) is 2.02. The number of carbonyl (C=O) groups excluding carboxylic acids is 2. The molecule has 1 aliphatic heterocycles. The van der Waals surface area contributed by atoms with Crippen LogP contribution in [0.2, 0.25) is 0 Å². The van der Waals surface area contributed by atoms with Crippen LogP contribution in [-0.4, -0.2) is 18.5 Å². The Morgan fingerprint density at radius 1 is 1.50 bits per heavy atom. The smallest absolute Gasteiger partial charge is 0.326 e. The summed E-state index contributed by atoms with van der Waals surface area (Å²) in [5.74, 6) is -0.866. The fraction of sp³-hybridized carbons (Fsp3) is 0.286. The molecule has 0 fully saturated rings. The number of hydrogen-bond donors (Lipinski definition) is 1. The zero-order chi connectivity index (χ0) is 13.2. The lowest BCUT2D eigenvalue weighted by molar-refractivity contribution is -0.153. The summed E-state index contributed by atoms with van der Waals surface area (Å²) >= 11 is 0. The number of anilines is 1. The first-order valence-corrected chi connectivity index (χ1v) is 5.86. The van der Waals surface area contributed by atoms with E-state index in [0.717, 1.165) is 0 Å². The van der Waals surface area contributed by atoms with Gasteiger partial charge in [-0.25, -0.2) is 0 Å². The number of allylic oxidation sites excluding steroid dienone is 1. The highest BCUT2D eigenvalue weighted by Crippen LogP contribution is 2.41. The van der Waals surface area contributed by atoms with Crippen molar-refractivity contribution in [2.24, 2.45) is 0 Å². The molecule has 0 saturated heterocycles. The van der Waals surface area contributed by atoms with E-state index in [4.69, 9.17) is 4.74 Å². The first-order chi connectivity index (χ1) is 8.66. The van der Waals surface area contributed by atoms with E-state index in [-0.39, 0.29) is 18.9 Å². The Balaban J connectivity index is 2.56. The first kappa shape index (κ1) is 12.4. The summed E-state index contributed by atoms with van der Waals surface area (Å²) in [6, 6.07) is 7.16. The normalized spacial score (nSPS) is 21.1. The number of para-hydroxylation sites is 1. The summed E-state index contributed by atoms with van der Waals surface area (Å²) in [5.41, 5.74) is 0.0414. The van der Waals surface area contributed by atoms with Crippen molar-refractivity contribution in [2.75, 3.05) is 11.9 Å². The van der Waals surface area contributed by atoms with Gasteiger partial charge in [0.15, 0.2) is 5.41 Å². The van der Waals surface area contributed by atoms with Gasteiger partial charge in [-0.1, -0.05) is 24.3 Å². The van der Waals surface area contributed by atoms with Crippen molar-refractivity contribution in [1.82, 2.24) is 0 Å². The van der Waals surface area contributed by atoms with Gasteiger partial charge < -0.3 is 10.1 Å². The topological polar surface area (TPSA) is 55.4 Å². The highest BCUT2D eigenvalue weighted by Gasteiger charge is 2.53. The average molecular weight is 245 g/mol. The Hall–Kier alpha value is -2.10. The largest absolute Gasteiger partial charge is 0.465 e. The van der Waals surface area contributed by atoms with Crippen molar-refractivity contribution >= 4 is 17.6 Å². The monoisotopic (exact) mass is 245 g/mol. The minimum atomic E-state index is -1.28. The number of nitrogens with one attached hydrogen (secondary N) is 1. The molecule has 0 saturated carbocycles. The van der Waals surface area contributed by atoms with E-state index < -0.39 is 11.4 Å². The highest BCUT2D eigenvalue weighted by atomic mass is 16.5. The Bertz CT molecular complexity index is 510. The molecule has 1 N–H and O–H groups in total. The molecule has 1 aliphatic rings. The average Bonchev–Trinajstić information content (AvgIpc) is 2.64. The van der Waals surface area contributed by atoms with E-state index in [1.807, 2.05) is 6.07 Å². The number of rotatable bonds is 4. The highest BCUT2D eigenvalue weighted by molar-refractivity contribution is 6.19. The summed E-state index contributed by atoms with van der Waals surface area (Å²) in [5, 5.41) is 2.72. The van der Waals surface area contributed by atoms with E-state index in [1.54, 1.807) is 31.2 Å². The SMILES string of the molecule is C=CCC1(C(=O)OCC)C(=O)Nc2ccccc21. The number of carbonyl (C=O) groups is 2. The number of fused-ring (bicyclic) bond motifs is 1. The number of esters is 1. The van der Waals surface area contributed by atoms with Crippen LogP contribution in [-0.2, 0) is 19.7 Å². The number of benzene rings is 1. The molecule has 4 nitrogen and oxygen atoms in total. The van der Waals surface area contributed by atoms with Gasteiger partial charge in [0.05, 0.1) is 6.61 Å². The molecule has 0 bridgehead atoms. The van der Waals surface area contributed by atoms with E-state index in [2.05, 4.69) is 11.9 Å². The first-order valence-electron chi connectivity index (χ1n) is 5.86. The summed E-state index contributed by atoms with van der Waals surface area (Å²) in [6.45, 7) is 5.60.